The summed E-state index contributed by atoms with van der Waals surface area (Å²) in [6, 6.07) is 10.6. The summed E-state index contributed by atoms with van der Waals surface area (Å²) in [5.41, 5.74) is 1.79. The van der Waals surface area contributed by atoms with Crippen molar-refractivity contribution in [3.05, 3.63) is 59.9 Å². The van der Waals surface area contributed by atoms with Gasteiger partial charge in [0.25, 0.3) is 11.8 Å². The van der Waals surface area contributed by atoms with Crippen LogP contribution in [-0.2, 0) is 0 Å². The van der Waals surface area contributed by atoms with Gasteiger partial charge in [0.05, 0.1) is 23.5 Å². The highest BCUT2D eigenvalue weighted by atomic mass is 16.4. The second-order valence-electron chi connectivity index (χ2n) is 6.22. The molecule has 0 radical (unpaired) electrons. The molecule has 0 unspecified atom stereocenters. The Morgan fingerprint density at radius 1 is 1.23 bits per heavy atom. The van der Waals surface area contributed by atoms with Crippen LogP contribution in [0, 0.1) is 11.3 Å². The fraction of sp³-hybridized carbons (Fsp3) is 0.263. The number of hydrogen-bond acceptors (Lipinski definition) is 6. The average Bonchev–Trinajstić information content (AvgIpc) is 3.39. The maximum absolute atomic E-state index is 12.6. The number of benzene rings is 1. The normalized spacial score (nSPS) is 15.0. The van der Waals surface area contributed by atoms with Crippen molar-refractivity contribution in [1.29, 1.82) is 5.26 Å². The first-order valence-electron chi connectivity index (χ1n) is 8.40. The summed E-state index contributed by atoms with van der Waals surface area (Å²) in [5.74, 6) is 1.13. The number of hydrogen-bond donors (Lipinski definition) is 0. The van der Waals surface area contributed by atoms with Crippen LogP contribution in [0.1, 0.15) is 40.6 Å². The predicted octanol–water partition coefficient (Wildman–Crippen LogP) is 3.22. The van der Waals surface area contributed by atoms with Gasteiger partial charge in [-0.05, 0) is 37.1 Å². The molecule has 1 fully saturated rings. The van der Waals surface area contributed by atoms with E-state index in [1.807, 2.05) is 0 Å². The molecule has 1 aliphatic rings. The fourth-order valence-corrected chi connectivity index (χ4v) is 3.14. The third kappa shape index (κ3) is 3.09. The first kappa shape index (κ1) is 16.1. The van der Waals surface area contributed by atoms with E-state index in [4.69, 9.17) is 14.1 Å². The van der Waals surface area contributed by atoms with Crippen molar-refractivity contribution in [3.63, 3.8) is 0 Å². The van der Waals surface area contributed by atoms with Crippen LogP contribution in [-0.4, -0.2) is 34.1 Å². The third-order valence-corrected chi connectivity index (χ3v) is 4.58. The third-order valence-electron chi connectivity index (χ3n) is 4.58. The quantitative estimate of drug-likeness (QED) is 0.721. The molecule has 4 rings (SSSR count). The maximum Gasteiger partial charge on any atom is 0.253 e. The molecule has 7 nitrogen and oxygen atoms in total. The zero-order valence-electron chi connectivity index (χ0n) is 14.0. The molecule has 0 N–H and O–H groups in total. The molecule has 0 bridgehead atoms. The van der Waals surface area contributed by atoms with Gasteiger partial charge < -0.3 is 13.7 Å². The standard InChI is InChI=1S/C19H16N4O3/c20-11-13-2-1-3-15(10-13)19(24)23-7-4-14(5-8-23)17-21-22-18(26-17)16-6-9-25-12-16/h1-3,6,9-10,12,14H,4-5,7-8H2. The van der Waals surface area contributed by atoms with Crippen molar-refractivity contribution in [2.45, 2.75) is 18.8 Å². The average molecular weight is 348 g/mol. The number of likely N-dealkylation sites (tertiary alicyclic amines) is 1. The van der Waals surface area contributed by atoms with E-state index in [1.165, 1.54) is 0 Å². The molecular formula is C19H16N4O3. The zero-order chi connectivity index (χ0) is 17.9. The minimum Gasteiger partial charge on any atom is -0.472 e. The lowest BCUT2D eigenvalue weighted by Crippen LogP contribution is -2.38. The van der Waals surface area contributed by atoms with Crippen molar-refractivity contribution < 1.29 is 13.6 Å². The minimum atomic E-state index is -0.0508. The van der Waals surface area contributed by atoms with E-state index >= 15 is 0 Å². The lowest BCUT2D eigenvalue weighted by Gasteiger charge is -2.30. The van der Waals surface area contributed by atoms with Gasteiger partial charge in [0.15, 0.2) is 0 Å². The van der Waals surface area contributed by atoms with Crippen LogP contribution in [0.3, 0.4) is 0 Å². The molecule has 1 amide bonds. The molecular weight excluding hydrogens is 332 g/mol. The van der Waals surface area contributed by atoms with Gasteiger partial charge in [-0.15, -0.1) is 10.2 Å². The van der Waals surface area contributed by atoms with E-state index in [9.17, 15) is 4.79 Å². The van der Waals surface area contributed by atoms with Gasteiger partial charge in [0.2, 0.25) is 5.89 Å². The van der Waals surface area contributed by atoms with Crippen LogP contribution < -0.4 is 0 Å². The van der Waals surface area contributed by atoms with Crippen molar-refractivity contribution in [1.82, 2.24) is 15.1 Å². The Morgan fingerprint density at radius 3 is 2.81 bits per heavy atom. The van der Waals surface area contributed by atoms with Crippen molar-refractivity contribution in [2.24, 2.45) is 0 Å². The summed E-state index contributed by atoms with van der Waals surface area (Å²) >= 11 is 0. The molecule has 3 heterocycles. The summed E-state index contributed by atoms with van der Waals surface area (Å²) in [5, 5.41) is 17.2. The van der Waals surface area contributed by atoms with E-state index < -0.39 is 0 Å². The van der Waals surface area contributed by atoms with Gasteiger partial charge in [0.1, 0.15) is 6.26 Å². The van der Waals surface area contributed by atoms with Gasteiger partial charge in [-0.3, -0.25) is 4.79 Å². The zero-order valence-corrected chi connectivity index (χ0v) is 14.0. The van der Waals surface area contributed by atoms with E-state index in [1.54, 1.807) is 47.8 Å². The second kappa shape index (κ2) is 6.84. The highest BCUT2D eigenvalue weighted by molar-refractivity contribution is 5.94. The van der Waals surface area contributed by atoms with Crippen LogP contribution >= 0.6 is 0 Å². The van der Waals surface area contributed by atoms with Crippen molar-refractivity contribution in [3.8, 4) is 17.5 Å². The lowest BCUT2D eigenvalue weighted by atomic mass is 9.96. The lowest BCUT2D eigenvalue weighted by molar-refractivity contribution is 0.0706. The van der Waals surface area contributed by atoms with Crippen LogP contribution in [0.4, 0.5) is 0 Å². The maximum atomic E-state index is 12.6. The molecule has 1 saturated heterocycles. The highest BCUT2D eigenvalue weighted by Gasteiger charge is 2.28. The molecule has 0 atom stereocenters. The van der Waals surface area contributed by atoms with Gasteiger partial charge >= 0.3 is 0 Å². The number of piperidine rings is 1. The molecule has 2 aromatic heterocycles. The van der Waals surface area contributed by atoms with Gasteiger partial charge in [0, 0.05) is 24.6 Å². The van der Waals surface area contributed by atoms with Crippen LogP contribution in [0.2, 0.25) is 0 Å². The van der Waals surface area contributed by atoms with Gasteiger partial charge in [-0.25, -0.2) is 0 Å². The molecule has 0 spiro atoms. The predicted molar refractivity (Wildman–Crippen MR) is 91.0 cm³/mol. The summed E-state index contributed by atoms with van der Waals surface area (Å²) in [4.78, 5) is 14.4. The minimum absolute atomic E-state index is 0.0508. The Hall–Kier alpha value is -3.40. The first-order valence-corrected chi connectivity index (χ1v) is 8.40. The highest BCUT2D eigenvalue weighted by Crippen LogP contribution is 2.30. The first-order chi connectivity index (χ1) is 12.7. The van der Waals surface area contributed by atoms with Gasteiger partial charge in [-0.1, -0.05) is 6.07 Å². The Balaban J connectivity index is 1.41. The molecule has 130 valence electrons. The Bertz CT molecular complexity index is 947. The van der Waals surface area contributed by atoms with E-state index in [0.717, 1.165) is 18.4 Å². The molecule has 3 aromatic rings. The topological polar surface area (TPSA) is 96.2 Å². The van der Waals surface area contributed by atoms with Gasteiger partial charge in [-0.2, -0.15) is 5.26 Å². The molecule has 26 heavy (non-hydrogen) atoms. The number of furan rings is 1. The molecule has 1 aliphatic heterocycles. The number of carbonyl (C=O) groups is 1. The monoisotopic (exact) mass is 348 g/mol. The van der Waals surface area contributed by atoms with E-state index in [0.29, 0.717) is 36.0 Å². The molecule has 0 aliphatic carbocycles. The van der Waals surface area contributed by atoms with Crippen molar-refractivity contribution >= 4 is 5.91 Å². The number of carbonyl (C=O) groups excluding carboxylic acids is 1. The van der Waals surface area contributed by atoms with Crippen molar-refractivity contribution in [2.75, 3.05) is 13.1 Å². The number of amides is 1. The van der Waals surface area contributed by atoms with Crippen LogP contribution in [0.5, 0.6) is 0 Å². The fourth-order valence-electron chi connectivity index (χ4n) is 3.14. The Morgan fingerprint density at radius 2 is 2.08 bits per heavy atom. The Kier molecular flexibility index (Phi) is 4.23. The van der Waals surface area contributed by atoms with E-state index in [-0.39, 0.29) is 11.8 Å². The second-order valence-corrected chi connectivity index (χ2v) is 6.22. The molecule has 7 heteroatoms. The Labute approximate surface area is 149 Å². The number of nitrogens with zero attached hydrogens (tertiary/aromatic N) is 4. The van der Waals surface area contributed by atoms with E-state index in [2.05, 4.69) is 16.3 Å². The van der Waals surface area contributed by atoms with Crippen LogP contribution in [0.15, 0.2) is 51.7 Å². The summed E-state index contributed by atoms with van der Waals surface area (Å²) in [6.45, 7) is 1.23. The summed E-state index contributed by atoms with van der Waals surface area (Å²) < 4.78 is 10.8. The summed E-state index contributed by atoms with van der Waals surface area (Å²) in [7, 11) is 0. The number of aromatic nitrogens is 2. The molecule has 0 saturated carbocycles. The number of nitriles is 1. The largest absolute Gasteiger partial charge is 0.472 e. The number of rotatable bonds is 3. The smallest absolute Gasteiger partial charge is 0.253 e. The summed E-state index contributed by atoms with van der Waals surface area (Å²) in [6.07, 6.45) is 4.64. The molecule has 1 aromatic carbocycles. The SMILES string of the molecule is N#Cc1cccc(C(=O)N2CCC(c3nnc(-c4ccoc4)o3)CC2)c1. The van der Waals surface area contributed by atoms with Crippen LogP contribution in [0.25, 0.3) is 11.5 Å².